The number of anilines is 1. The van der Waals surface area contributed by atoms with E-state index in [0.29, 0.717) is 14.8 Å². The number of carbonyl (C=O) groups excluding carboxylic acids is 1. The van der Waals surface area contributed by atoms with Crippen LogP contribution < -0.4 is 4.90 Å². The van der Waals surface area contributed by atoms with E-state index >= 15 is 0 Å². The number of nitrogens with zero attached hydrogens (tertiary/aromatic N) is 1. The largest absolute Gasteiger partial charge is 0.270 e. The third-order valence-electron chi connectivity index (χ3n) is 3.55. The highest BCUT2D eigenvalue weighted by atomic mass is 32.2. The van der Waals surface area contributed by atoms with E-state index in [2.05, 4.69) is 0 Å². The molecule has 1 fully saturated rings. The molecule has 2 aromatic carbocycles. The van der Waals surface area contributed by atoms with Crippen LogP contribution in [0, 0.1) is 5.82 Å². The van der Waals surface area contributed by atoms with Crippen molar-refractivity contribution in [3.63, 3.8) is 0 Å². The molecular weight excluding hydrogens is 329 g/mol. The highest BCUT2D eigenvalue weighted by molar-refractivity contribution is 8.27. The molecule has 5 heteroatoms. The summed E-state index contributed by atoms with van der Waals surface area (Å²) in [6, 6.07) is 13.9. The Kier molecular flexibility index (Phi) is 4.59. The number of para-hydroxylation sites is 1. The van der Waals surface area contributed by atoms with Gasteiger partial charge in [-0.2, -0.15) is 0 Å². The van der Waals surface area contributed by atoms with Gasteiger partial charge in [0.15, 0.2) is 4.32 Å². The monoisotopic (exact) mass is 343 g/mol. The first-order chi connectivity index (χ1) is 11.1. The van der Waals surface area contributed by atoms with Gasteiger partial charge in [0.25, 0.3) is 5.91 Å². The fraction of sp³-hybridized carbons (Fsp3) is 0.111. The summed E-state index contributed by atoms with van der Waals surface area (Å²) >= 11 is 6.62. The first-order valence-corrected chi connectivity index (χ1v) is 8.44. The number of thiocarbonyl (C=S) groups is 1. The Bertz CT molecular complexity index is 816. The summed E-state index contributed by atoms with van der Waals surface area (Å²) in [6.07, 6.45) is 2.49. The van der Waals surface area contributed by atoms with Gasteiger partial charge in [0, 0.05) is 0 Å². The molecule has 1 aliphatic heterocycles. The van der Waals surface area contributed by atoms with Crippen LogP contribution in [0.4, 0.5) is 10.1 Å². The molecule has 116 valence electrons. The molecule has 0 atom stereocenters. The van der Waals surface area contributed by atoms with Gasteiger partial charge in [0.05, 0.1) is 10.6 Å². The highest BCUT2D eigenvalue weighted by Crippen LogP contribution is 2.37. The third-order valence-corrected chi connectivity index (χ3v) is 4.86. The summed E-state index contributed by atoms with van der Waals surface area (Å²) in [7, 11) is 0. The Hall–Kier alpha value is -1.98. The molecule has 0 aromatic heterocycles. The maximum Gasteiger partial charge on any atom is 0.270 e. The number of hydrogen-bond donors (Lipinski definition) is 0. The molecule has 3 rings (SSSR count). The van der Waals surface area contributed by atoms with Crippen LogP contribution in [0.25, 0.3) is 6.08 Å². The molecule has 0 saturated carbocycles. The molecule has 2 aromatic rings. The van der Waals surface area contributed by atoms with Gasteiger partial charge in [-0.1, -0.05) is 61.2 Å². The van der Waals surface area contributed by atoms with Crippen molar-refractivity contribution in [1.29, 1.82) is 0 Å². The number of benzene rings is 2. The lowest BCUT2D eigenvalue weighted by molar-refractivity contribution is -0.113. The number of carbonyl (C=O) groups is 1. The number of hydrogen-bond acceptors (Lipinski definition) is 3. The fourth-order valence-corrected chi connectivity index (χ4v) is 3.74. The average molecular weight is 343 g/mol. The molecule has 1 heterocycles. The molecule has 1 saturated heterocycles. The van der Waals surface area contributed by atoms with Gasteiger partial charge in [-0.15, -0.1) is 0 Å². The molecule has 0 unspecified atom stereocenters. The minimum absolute atomic E-state index is 0.162. The molecule has 1 aliphatic rings. The van der Waals surface area contributed by atoms with Crippen LogP contribution in [-0.4, -0.2) is 10.2 Å². The molecule has 0 radical (unpaired) electrons. The summed E-state index contributed by atoms with van der Waals surface area (Å²) in [5.41, 5.74) is 2.53. The summed E-state index contributed by atoms with van der Waals surface area (Å²) in [5.74, 6) is -0.490. The Labute approximate surface area is 144 Å². The van der Waals surface area contributed by atoms with Gasteiger partial charge in [0.1, 0.15) is 5.82 Å². The standard InChI is InChI=1S/C18H14FNOS2/c1-2-13-7-3-4-9-15(13)20-17(21)16(23-18(20)22)11-12-6-5-8-14(19)10-12/h3-11H,2H2,1H3. The van der Waals surface area contributed by atoms with Crippen molar-refractivity contribution in [2.45, 2.75) is 13.3 Å². The zero-order valence-electron chi connectivity index (χ0n) is 12.5. The molecule has 0 N–H and O–H groups in total. The second-order valence-corrected chi connectivity index (χ2v) is 6.73. The quantitative estimate of drug-likeness (QED) is 0.590. The zero-order valence-corrected chi connectivity index (χ0v) is 14.1. The third kappa shape index (κ3) is 3.21. The van der Waals surface area contributed by atoms with E-state index in [4.69, 9.17) is 12.2 Å². The number of amides is 1. The van der Waals surface area contributed by atoms with E-state index in [0.717, 1.165) is 17.7 Å². The van der Waals surface area contributed by atoms with Crippen LogP contribution in [0.3, 0.4) is 0 Å². The molecule has 0 aliphatic carbocycles. The minimum atomic E-state index is -0.328. The second-order valence-electron chi connectivity index (χ2n) is 5.05. The van der Waals surface area contributed by atoms with Crippen LogP contribution in [-0.2, 0) is 11.2 Å². The van der Waals surface area contributed by atoms with Gasteiger partial charge in [-0.05, 0) is 41.8 Å². The number of rotatable bonds is 3. The van der Waals surface area contributed by atoms with Gasteiger partial charge < -0.3 is 0 Å². The summed E-state index contributed by atoms with van der Waals surface area (Å²) in [5, 5.41) is 0. The van der Waals surface area contributed by atoms with Crippen LogP contribution in [0.2, 0.25) is 0 Å². The lowest BCUT2D eigenvalue weighted by atomic mass is 10.1. The van der Waals surface area contributed by atoms with Crippen LogP contribution in [0.5, 0.6) is 0 Å². The molecular formula is C18H14FNOS2. The lowest BCUT2D eigenvalue weighted by Gasteiger charge is -2.18. The van der Waals surface area contributed by atoms with Crippen molar-refractivity contribution >= 4 is 46.0 Å². The van der Waals surface area contributed by atoms with Gasteiger partial charge in [0.2, 0.25) is 0 Å². The topological polar surface area (TPSA) is 20.3 Å². The van der Waals surface area contributed by atoms with E-state index in [1.165, 1.54) is 23.9 Å². The summed E-state index contributed by atoms with van der Waals surface area (Å²) < 4.78 is 13.8. The summed E-state index contributed by atoms with van der Waals surface area (Å²) in [6.45, 7) is 2.04. The first kappa shape index (κ1) is 15.9. The van der Waals surface area contributed by atoms with E-state index in [1.54, 1.807) is 23.1 Å². The smallest absolute Gasteiger partial charge is 0.268 e. The Morgan fingerprint density at radius 3 is 2.74 bits per heavy atom. The SMILES string of the molecule is CCc1ccccc1N1C(=O)C(=Cc2cccc(F)c2)SC1=S. The minimum Gasteiger partial charge on any atom is -0.268 e. The van der Waals surface area contributed by atoms with Crippen molar-refractivity contribution < 1.29 is 9.18 Å². The zero-order chi connectivity index (χ0) is 16.4. The van der Waals surface area contributed by atoms with E-state index in [-0.39, 0.29) is 11.7 Å². The van der Waals surface area contributed by atoms with E-state index in [1.807, 2.05) is 31.2 Å². The Morgan fingerprint density at radius 1 is 1.22 bits per heavy atom. The molecule has 0 bridgehead atoms. The van der Waals surface area contributed by atoms with Crippen molar-refractivity contribution in [3.8, 4) is 0 Å². The molecule has 0 spiro atoms. The van der Waals surface area contributed by atoms with Crippen LogP contribution in [0.15, 0.2) is 53.4 Å². The van der Waals surface area contributed by atoms with Crippen molar-refractivity contribution in [2.24, 2.45) is 0 Å². The van der Waals surface area contributed by atoms with Crippen LogP contribution >= 0.6 is 24.0 Å². The molecule has 23 heavy (non-hydrogen) atoms. The maximum atomic E-state index is 13.3. The Balaban J connectivity index is 1.97. The predicted molar refractivity (Wildman–Crippen MR) is 97.9 cm³/mol. The van der Waals surface area contributed by atoms with Crippen molar-refractivity contribution in [2.75, 3.05) is 4.90 Å². The summed E-state index contributed by atoms with van der Waals surface area (Å²) in [4.78, 5) is 14.8. The molecule has 1 amide bonds. The lowest BCUT2D eigenvalue weighted by Crippen LogP contribution is -2.28. The number of thioether (sulfide) groups is 1. The second kappa shape index (κ2) is 6.64. The number of halogens is 1. The van der Waals surface area contributed by atoms with Gasteiger partial charge in [-0.3, -0.25) is 9.69 Å². The van der Waals surface area contributed by atoms with E-state index in [9.17, 15) is 9.18 Å². The average Bonchev–Trinajstić information content (AvgIpc) is 2.81. The van der Waals surface area contributed by atoms with Gasteiger partial charge in [-0.25, -0.2) is 4.39 Å². The Morgan fingerprint density at radius 2 is 2.00 bits per heavy atom. The number of aryl methyl sites for hydroxylation is 1. The van der Waals surface area contributed by atoms with Crippen molar-refractivity contribution in [1.82, 2.24) is 0 Å². The molecule has 2 nitrogen and oxygen atoms in total. The van der Waals surface area contributed by atoms with Gasteiger partial charge >= 0.3 is 0 Å². The predicted octanol–water partition coefficient (Wildman–Crippen LogP) is 4.79. The highest BCUT2D eigenvalue weighted by Gasteiger charge is 2.34. The first-order valence-electron chi connectivity index (χ1n) is 7.21. The van der Waals surface area contributed by atoms with E-state index < -0.39 is 0 Å². The fourth-order valence-electron chi connectivity index (χ4n) is 2.45. The normalized spacial score (nSPS) is 16.4. The van der Waals surface area contributed by atoms with Crippen molar-refractivity contribution in [3.05, 3.63) is 70.4 Å². The maximum absolute atomic E-state index is 13.3. The van der Waals surface area contributed by atoms with Crippen LogP contribution in [0.1, 0.15) is 18.1 Å².